The molecule has 19 heavy (non-hydrogen) atoms. The number of phenolic OH excluding ortho intramolecular Hbond substituents is 3. The molecule has 6 heteroatoms. The maximum absolute atomic E-state index is 11.8. The zero-order chi connectivity index (χ0) is 14.0. The van der Waals surface area contributed by atoms with Gasteiger partial charge in [0.1, 0.15) is 5.56 Å². The van der Waals surface area contributed by atoms with E-state index < -0.39 is 17.5 Å². The number of hydrogen-bond acceptors (Lipinski definition) is 6. The Bertz CT molecular complexity index is 619. The van der Waals surface area contributed by atoms with Gasteiger partial charge in [-0.3, -0.25) is 0 Å². The summed E-state index contributed by atoms with van der Waals surface area (Å²) in [6.45, 7) is 0. The van der Waals surface area contributed by atoms with Crippen LogP contribution >= 0.6 is 0 Å². The molecule has 0 heterocycles. The lowest BCUT2D eigenvalue weighted by Gasteiger charge is -2.09. The Kier molecular flexibility index (Phi) is 3.15. The SMILES string of the molecule is Nc1cccc(O)c1OC(=O)c1cccc(O)c1O. The normalized spacial score (nSPS) is 10.1. The van der Waals surface area contributed by atoms with Gasteiger partial charge in [-0.15, -0.1) is 0 Å². The molecule has 0 amide bonds. The van der Waals surface area contributed by atoms with Gasteiger partial charge in [0.05, 0.1) is 5.69 Å². The Hall–Kier alpha value is -2.89. The number of anilines is 1. The van der Waals surface area contributed by atoms with E-state index >= 15 is 0 Å². The van der Waals surface area contributed by atoms with Crippen molar-refractivity contribution in [3.05, 3.63) is 42.0 Å². The van der Waals surface area contributed by atoms with Crippen molar-refractivity contribution in [3.8, 4) is 23.0 Å². The summed E-state index contributed by atoms with van der Waals surface area (Å²) < 4.78 is 4.91. The molecule has 0 aliphatic heterocycles. The Morgan fingerprint density at radius 1 is 1.00 bits per heavy atom. The van der Waals surface area contributed by atoms with E-state index in [-0.39, 0.29) is 22.7 Å². The summed E-state index contributed by atoms with van der Waals surface area (Å²) >= 11 is 0. The number of rotatable bonds is 2. The highest BCUT2D eigenvalue weighted by Gasteiger charge is 2.18. The molecule has 2 aromatic rings. The molecule has 0 unspecified atom stereocenters. The molecule has 0 fully saturated rings. The fourth-order valence-electron chi connectivity index (χ4n) is 1.50. The van der Waals surface area contributed by atoms with Crippen molar-refractivity contribution in [1.29, 1.82) is 0 Å². The van der Waals surface area contributed by atoms with Crippen LogP contribution in [0, 0.1) is 0 Å². The quantitative estimate of drug-likeness (QED) is 0.283. The van der Waals surface area contributed by atoms with Crippen LogP contribution in [0.5, 0.6) is 23.0 Å². The minimum absolute atomic E-state index is 0.0768. The van der Waals surface area contributed by atoms with Crippen LogP contribution in [0.15, 0.2) is 36.4 Å². The molecule has 0 saturated heterocycles. The van der Waals surface area contributed by atoms with E-state index in [1.165, 1.54) is 36.4 Å². The largest absolute Gasteiger partial charge is 0.504 e. The molecule has 0 radical (unpaired) electrons. The number of para-hydroxylation sites is 2. The van der Waals surface area contributed by atoms with Crippen LogP contribution in [-0.2, 0) is 0 Å². The van der Waals surface area contributed by atoms with Crippen LogP contribution in [-0.4, -0.2) is 21.3 Å². The molecule has 0 atom stereocenters. The van der Waals surface area contributed by atoms with E-state index in [1.54, 1.807) is 0 Å². The van der Waals surface area contributed by atoms with Gasteiger partial charge in [-0.05, 0) is 24.3 Å². The third kappa shape index (κ3) is 2.37. The summed E-state index contributed by atoms with van der Waals surface area (Å²) in [6.07, 6.45) is 0. The first-order chi connectivity index (χ1) is 9.00. The predicted octanol–water partition coefficient (Wildman–Crippen LogP) is 1.60. The third-order valence-electron chi connectivity index (χ3n) is 2.45. The fraction of sp³-hybridized carbons (Fsp3) is 0. The van der Waals surface area contributed by atoms with Gasteiger partial charge in [0.15, 0.2) is 23.0 Å². The molecular weight excluding hydrogens is 250 g/mol. The summed E-state index contributed by atoms with van der Waals surface area (Å²) in [5, 5.41) is 28.4. The lowest BCUT2D eigenvalue weighted by molar-refractivity contribution is 0.0727. The summed E-state index contributed by atoms with van der Waals surface area (Å²) in [4.78, 5) is 11.8. The molecule has 0 saturated carbocycles. The lowest BCUT2D eigenvalue weighted by Crippen LogP contribution is -2.10. The second-order valence-corrected chi connectivity index (χ2v) is 3.76. The van der Waals surface area contributed by atoms with Crippen molar-refractivity contribution in [3.63, 3.8) is 0 Å². The van der Waals surface area contributed by atoms with Crippen molar-refractivity contribution in [2.24, 2.45) is 0 Å². The molecule has 0 aliphatic rings. The first-order valence-electron chi connectivity index (χ1n) is 5.31. The van der Waals surface area contributed by atoms with E-state index in [1.807, 2.05) is 0 Å². The van der Waals surface area contributed by atoms with Crippen LogP contribution in [0.1, 0.15) is 10.4 Å². The number of aromatic hydroxyl groups is 3. The van der Waals surface area contributed by atoms with Crippen LogP contribution < -0.4 is 10.5 Å². The second-order valence-electron chi connectivity index (χ2n) is 3.76. The van der Waals surface area contributed by atoms with Crippen LogP contribution in [0.2, 0.25) is 0 Å². The highest BCUT2D eigenvalue weighted by atomic mass is 16.5. The predicted molar refractivity (Wildman–Crippen MR) is 67.2 cm³/mol. The first-order valence-corrected chi connectivity index (χ1v) is 5.31. The Morgan fingerprint density at radius 2 is 1.63 bits per heavy atom. The highest BCUT2D eigenvalue weighted by molar-refractivity contribution is 5.95. The summed E-state index contributed by atoms with van der Waals surface area (Å²) in [5.74, 6) is -2.48. The molecule has 6 nitrogen and oxygen atoms in total. The van der Waals surface area contributed by atoms with Crippen molar-refractivity contribution < 1.29 is 24.9 Å². The average Bonchev–Trinajstić information content (AvgIpc) is 2.37. The number of nitrogen functional groups attached to an aromatic ring is 1. The second kappa shape index (κ2) is 4.77. The Balaban J connectivity index is 2.34. The minimum atomic E-state index is -0.943. The topological polar surface area (TPSA) is 113 Å². The number of phenols is 3. The van der Waals surface area contributed by atoms with Gasteiger partial charge in [-0.2, -0.15) is 0 Å². The number of carbonyl (C=O) groups excluding carboxylic acids is 1. The maximum atomic E-state index is 11.8. The Labute approximate surface area is 108 Å². The van der Waals surface area contributed by atoms with Crippen LogP contribution in [0.3, 0.4) is 0 Å². The van der Waals surface area contributed by atoms with Crippen LogP contribution in [0.4, 0.5) is 5.69 Å². The van der Waals surface area contributed by atoms with Gasteiger partial charge in [0, 0.05) is 0 Å². The highest BCUT2D eigenvalue weighted by Crippen LogP contribution is 2.34. The number of carbonyl (C=O) groups is 1. The molecule has 2 aromatic carbocycles. The van der Waals surface area contributed by atoms with Crippen molar-refractivity contribution >= 4 is 11.7 Å². The standard InChI is InChI=1S/C13H11NO5/c14-8-4-2-6-10(16)12(8)19-13(18)7-3-1-5-9(15)11(7)17/h1-6,15-17H,14H2. The van der Waals surface area contributed by atoms with Crippen molar-refractivity contribution in [1.82, 2.24) is 0 Å². The van der Waals surface area contributed by atoms with Gasteiger partial charge in [0.25, 0.3) is 0 Å². The number of benzene rings is 2. The zero-order valence-corrected chi connectivity index (χ0v) is 9.70. The maximum Gasteiger partial charge on any atom is 0.347 e. The summed E-state index contributed by atoms with van der Waals surface area (Å²) in [7, 11) is 0. The van der Waals surface area contributed by atoms with E-state index in [4.69, 9.17) is 10.5 Å². The van der Waals surface area contributed by atoms with E-state index in [9.17, 15) is 20.1 Å². The average molecular weight is 261 g/mol. The molecule has 0 aromatic heterocycles. The third-order valence-corrected chi connectivity index (χ3v) is 2.45. The smallest absolute Gasteiger partial charge is 0.347 e. The van der Waals surface area contributed by atoms with Crippen LogP contribution in [0.25, 0.3) is 0 Å². The molecule has 5 N–H and O–H groups in total. The summed E-state index contributed by atoms with van der Waals surface area (Å²) in [5.41, 5.74) is 5.41. The molecule has 0 spiro atoms. The molecular formula is C13H11NO5. The van der Waals surface area contributed by atoms with E-state index in [0.717, 1.165) is 0 Å². The van der Waals surface area contributed by atoms with Gasteiger partial charge in [0.2, 0.25) is 0 Å². The van der Waals surface area contributed by atoms with Crippen molar-refractivity contribution in [2.45, 2.75) is 0 Å². The van der Waals surface area contributed by atoms with Gasteiger partial charge < -0.3 is 25.8 Å². The minimum Gasteiger partial charge on any atom is -0.504 e. The molecule has 0 bridgehead atoms. The Morgan fingerprint density at radius 3 is 2.32 bits per heavy atom. The molecule has 98 valence electrons. The van der Waals surface area contributed by atoms with E-state index in [0.29, 0.717) is 0 Å². The van der Waals surface area contributed by atoms with Gasteiger partial charge in [-0.25, -0.2) is 4.79 Å². The lowest BCUT2D eigenvalue weighted by atomic mass is 10.2. The number of nitrogens with two attached hydrogens (primary N) is 1. The number of ether oxygens (including phenoxy) is 1. The first kappa shape index (κ1) is 12.6. The van der Waals surface area contributed by atoms with Gasteiger partial charge >= 0.3 is 5.97 Å². The molecule has 2 rings (SSSR count). The number of esters is 1. The summed E-state index contributed by atoms with van der Waals surface area (Å²) in [6, 6.07) is 8.12. The monoisotopic (exact) mass is 261 g/mol. The van der Waals surface area contributed by atoms with Crippen molar-refractivity contribution in [2.75, 3.05) is 5.73 Å². The van der Waals surface area contributed by atoms with Gasteiger partial charge in [-0.1, -0.05) is 12.1 Å². The zero-order valence-electron chi connectivity index (χ0n) is 9.70. The number of hydrogen-bond donors (Lipinski definition) is 4. The fourth-order valence-corrected chi connectivity index (χ4v) is 1.50. The van der Waals surface area contributed by atoms with E-state index in [2.05, 4.69) is 0 Å². The molecule has 0 aliphatic carbocycles.